The molecule has 0 fully saturated rings. The Labute approximate surface area is 150 Å². The van der Waals surface area contributed by atoms with Crippen molar-refractivity contribution >= 4 is 54.8 Å². The zero-order valence-electron chi connectivity index (χ0n) is 11.6. The van der Waals surface area contributed by atoms with Crippen LogP contribution in [0.5, 0.6) is 5.75 Å². The highest BCUT2D eigenvalue weighted by Gasteiger charge is 2.22. The molecule has 21 heavy (non-hydrogen) atoms. The summed E-state index contributed by atoms with van der Waals surface area (Å²) in [7, 11) is 1.69. The fourth-order valence-corrected chi connectivity index (χ4v) is 5.78. The van der Waals surface area contributed by atoms with Crippen LogP contribution in [-0.4, -0.2) is 7.11 Å². The van der Waals surface area contributed by atoms with Crippen molar-refractivity contribution in [3.05, 3.63) is 48.6 Å². The van der Waals surface area contributed by atoms with Crippen LogP contribution in [0.3, 0.4) is 0 Å². The summed E-state index contributed by atoms with van der Waals surface area (Å²) in [4.78, 5) is 2.98. The molecule has 0 aliphatic heterocycles. The molecule has 112 valence electrons. The largest absolute Gasteiger partial charge is 0.495 e. The van der Waals surface area contributed by atoms with E-state index in [0.717, 1.165) is 15.8 Å². The first-order valence-corrected chi connectivity index (χ1v) is 9.79. The molecule has 1 atom stereocenters. The maximum atomic E-state index is 6.21. The number of rotatable bonds is 3. The maximum absolute atomic E-state index is 6.21. The third kappa shape index (κ3) is 3.19. The fraction of sp³-hybridized carbons (Fsp3) is 0.375. The van der Waals surface area contributed by atoms with Crippen LogP contribution >= 0.6 is 54.8 Å². The standard InChI is InChI=1S/C16H15Br2ClOS/c1-20-16-11(7-10(19)8-12(16)17)15(18)14-6-9-4-2-3-5-13(9)21-14/h6-8,15H,2-5H2,1H3. The van der Waals surface area contributed by atoms with E-state index in [2.05, 4.69) is 37.9 Å². The Morgan fingerprint density at radius 2 is 2.00 bits per heavy atom. The lowest BCUT2D eigenvalue weighted by molar-refractivity contribution is 0.408. The van der Waals surface area contributed by atoms with Crippen LogP contribution in [0.15, 0.2) is 22.7 Å². The lowest BCUT2D eigenvalue weighted by Gasteiger charge is -2.15. The minimum Gasteiger partial charge on any atom is -0.495 e. The minimum absolute atomic E-state index is 0.109. The summed E-state index contributed by atoms with van der Waals surface area (Å²) in [5.41, 5.74) is 2.58. The Balaban J connectivity index is 2.02. The van der Waals surface area contributed by atoms with Crippen molar-refractivity contribution in [1.29, 1.82) is 0 Å². The molecule has 3 rings (SSSR count). The monoisotopic (exact) mass is 448 g/mol. The van der Waals surface area contributed by atoms with Gasteiger partial charge in [0.2, 0.25) is 0 Å². The summed E-state index contributed by atoms with van der Waals surface area (Å²) in [6.45, 7) is 0. The van der Waals surface area contributed by atoms with E-state index >= 15 is 0 Å². The second-order valence-corrected chi connectivity index (χ2v) is 8.55. The van der Waals surface area contributed by atoms with Gasteiger partial charge in [0.1, 0.15) is 5.75 Å². The molecule has 1 aliphatic carbocycles. The molecule has 0 saturated heterocycles. The van der Waals surface area contributed by atoms with E-state index in [1.165, 1.54) is 36.1 Å². The first kappa shape index (κ1) is 15.9. The van der Waals surface area contributed by atoms with Crippen LogP contribution in [0.1, 0.15) is 38.6 Å². The summed E-state index contributed by atoms with van der Waals surface area (Å²) in [6.07, 6.45) is 5.05. The van der Waals surface area contributed by atoms with Crippen LogP contribution in [0, 0.1) is 0 Å². The molecule has 1 nitrogen and oxygen atoms in total. The molecule has 1 aromatic carbocycles. The molecule has 2 aromatic rings. The number of fused-ring (bicyclic) bond motifs is 1. The SMILES string of the molecule is COc1c(Br)cc(Cl)cc1C(Br)c1cc2c(s1)CCCC2. The summed E-state index contributed by atoms with van der Waals surface area (Å²) in [6, 6.07) is 6.18. The molecule has 1 unspecified atom stereocenters. The predicted molar refractivity (Wildman–Crippen MR) is 97.4 cm³/mol. The van der Waals surface area contributed by atoms with Gasteiger partial charge in [0.15, 0.2) is 0 Å². The van der Waals surface area contributed by atoms with Crippen LogP contribution in [-0.2, 0) is 12.8 Å². The van der Waals surface area contributed by atoms with Gasteiger partial charge in [0.25, 0.3) is 0 Å². The van der Waals surface area contributed by atoms with Gasteiger partial charge in [0, 0.05) is 20.3 Å². The number of alkyl halides is 1. The number of halogens is 3. The molecule has 0 radical (unpaired) electrons. The average Bonchev–Trinajstić information content (AvgIpc) is 2.89. The molecule has 0 N–H and O–H groups in total. The molecule has 0 saturated carbocycles. The molecule has 0 bridgehead atoms. The quantitative estimate of drug-likeness (QED) is 0.483. The Kier molecular flexibility index (Phi) is 4.99. The van der Waals surface area contributed by atoms with E-state index in [9.17, 15) is 0 Å². The molecule has 5 heteroatoms. The normalized spacial score (nSPS) is 15.6. The number of hydrogen-bond donors (Lipinski definition) is 0. The van der Waals surface area contributed by atoms with Crippen molar-refractivity contribution in [3.63, 3.8) is 0 Å². The highest BCUT2D eigenvalue weighted by atomic mass is 79.9. The first-order chi connectivity index (χ1) is 10.1. The number of ether oxygens (including phenoxy) is 1. The molecule has 1 heterocycles. The Morgan fingerprint density at radius 3 is 2.71 bits per heavy atom. The fourth-order valence-electron chi connectivity index (χ4n) is 2.78. The number of methoxy groups -OCH3 is 1. The van der Waals surface area contributed by atoms with Gasteiger partial charge in [-0.25, -0.2) is 0 Å². The lowest BCUT2D eigenvalue weighted by Crippen LogP contribution is -1.97. The molecule has 1 aromatic heterocycles. The third-order valence-electron chi connectivity index (χ3n) is 3.78. The summed E-state index contributed by atoms with van der Waals surface area (Å²) in [5.74, 6) is 0.840. The van der Waals surface area contributed by atoms with Gasteiger partial charge in [-0.15, -0.1) is 11.3 Å². The second-order valence-electron chi connectivity index (χ2n) is 5.18. The Bertz CT molecular complexity index is 645. The van der Waals surface area contributed by atoms with Crippen molar-refractivity contribution < 1.29 is 4.74 Å². The van der Waals surface area contributed by atoms with E-state index < -0.39 is 0 Å². The van der Waals surface area contributed by atoms with E-state index in [1.54, 1.807) is 12.0 Å². The van der Waals surface area contributed by atoms with Crippen molar-refractivity contribution in [3.8, 4) is 5.75 Å². The zero-order valence-corrected chi connectivity index (χ0v) is 16.3. The van der Waals surface area contributed by atoms with E-state index in [1.807, 2.05) is 23.5 Å². The number of hydrogen-bond acceptors (Lipinski definition) is 2. The van der Waals surface area contributed by atoms with Crippen molar-refractivity contribution in [1.82, 2.24) is 0 Å². The number of aryl methyl sites for hydroxylation is 2. The Morgan fingerprint density at radius 1 is 1.24 bits per heavy atom. The molecule has 0 spiro atoms. The molecule has 0 amide bonds. The highest BCUT2D eigenvalue weighted by Crippen LogP contribution is 2.45. The van der Waals surface area contributed by atoms with Gasteiger partial charge in [0.05, 0.1) is 16.4 Å². The molecule has 1 aliphatic rings. The van der Waals surface area contributed by atoms with Crippen molar-refractivity contribution in [2.24, 2.45) is 0 Å². The maximum Gasteiger partial charge on any atom is 0.137 e. The molecular formula is C16H15Br2ClOS. The smallest absolute Gasteiger partial charge is 0.137 e. The van der Waals surface area contributed by atoms with Crippen molar-refractivity contribution in [2.45, 2.75) is 30.5 Å². The predicted octanol–water partition coefficient (Wildman–Crippen LogP) is 6.54. The van der Waals surface area contributed by atoms with Crippen LogP contribution in [0.4, 0.5) is 0 Å². The van der Waals surface area contributed by atoms with E-state index in [0.29, 0.717) is 5.02 Å². The van der Waals surface area contributed by atoms with Crippen LogP contribution in [0.2, 0.25) is 5.02 Å². The van der Waals surface area contributed by atoms with Gasteiger partial charge in [-0.2, -0.15) is 0 Å². The van der Waals surface area contributed by atoms with E-state index in [-0.39, 0.29) is 4.83 Å². The zero-order chi connectivity index (χ0) is 15.0. The second kappa shape index (κ2) is 6.61. The highest BCUT2D eigenvalue weighted by molar-refractivity contribution is 9.10. The van der Waals surface area contributed by atoms with Gasteiger partial charge >= 0.3 is 0 Å². The van der Waals surface area contributed by atoms with Crippen LogP contribution < -0.4 is 4.74 Å². The van der Waals surface area contributed by atoms with Gasteiger partial charge in [-0.3, -0.25) is 0 Å². The van der Waals surface area contributed by atoms with Crippen LogP contribution in [0.25, 0.3) is 0 Å². The first-order valence-electron chi connectivity index (χ1n) is 6.88. The minimum atomic E-state index is 0.109. The Hall–Kier alpha value is -0.0300. The van der Waals surface area contributed by atoms with Gasteiger partial charge < -0.3 is 4.74 Å². The lowest BCUT2D eigenvalue weighted by atomic mass is 9.98. The van der Waals surface area contributed by atoms with Gasteiger partial charge in [-0.1, -0.05) is 27.5 Å². The number of benzene rings is 1. The summed E-state index contributed by atoms with van der Waals surface area (Å²) >= 11 is 15.5. The third-order valence-corrected chi connectivity index (χ3v) is 7.18. The van der Waals surface area contributed by atoms with Crippen molar-refractivity contribution in [2.75, 3.05) is 7.11 Å². The summed E-state index contributed by atoms with van der Waals surface area (Å²) in [5, 5.41) is 0.712. The van der Waals surface area contributed by atoms with E-state index in [4.69, 9.17) is 16.3 Å². The topological polar surface area (TPSA) is 9.23 Å². The van der Waals surface area contributed by atoms with Gasteiger partial charge in [-0.05, 0) is 65.4 Å². The summed E-state index contributed by atoms with van der Waals surface area (Å²) < 4.78 is 6.43. The molecular weight excluding hydrogens is 436 g/mol. The number of thiophene rings is 1. The average molecular weight is 451 g/mol.